The van der Waals surface area contributed by atoms with Crippen LogP contribution in [0.2, 0.25) is 0 Å². The van der Waals surface area contributed by atoms with Gasteiger partial charge in [-0.3, -0.25) is 0 Å². The van der Waals surface area contributed by atoms with Crippen molar-refractivity contribution < 1.29 is 38.9 Å². The molecule has 1 N–H and O–H groups in total. The van der Waals surface area contributed by atoms with Crippen LogP contribution in [0.4, 0.5) is 9.59 Å². The monoisotopic (exact) mass is 426 g/mol. The number of benzene rings is 2. The lowest BCUT2D eigenvalue weighted by Gasteiger charge is -2.60. The minimum absolute atomic E-state index is 0.0156. The van der Waals surface area contributed by atoms with E-state index >= 15 is 0 Å². The van der Waals surface area contributed by atoms with Crippen LogP contribution in [0.15, 0.2) is 60.7 Å². The van der Waals surface area contributed by atoms with Crippen molar-refractivity contribution >= 4 is 18.2 Å². The van der Waals surface area contributed by atoms with Crippen LogP contribution in [0.1, 0.15) is 37.3 Å². The highest BCUT2D eigenvalue weighted by Crippen LogP contribution is 2.47. The molecule has 8 nitrogen and oxygen atoms in total. The van der Waals surface area contributed by atoms with E-state index in [-0.39, 0.29) is 38.9 Å². The van der Waals surface area contributed by atoms with E-state index in [0.29, 0.717) is 11.1 Å². The van der Waals surface area contributed by atoms with Gasteiger partial charge >= 0.3 is 18.2 Å². The Labute approximate surface area is 180 Å². The molecular weight excluding hydrogens is 400 g/mol. The van der Waals surface area contributed by atoms with Gasteiger partial charge in [0.15, 0.2) is 13.1 Å². The maximum Gasteiger partial charge on any atom is 0.371 e. The first-order valence-electron chi connectivity index (χ1n) is 10.3. The fraction of sp³-hybridized carbons (Fsp3) is 0.348. The van der Waals surface area contributed by atoms with E-state index in [0.717, 1.165) is 0 Å². The van der Waals surface area contributed by atoms with Crippen molar-refractivity contribution in [2.45, 2.75) is 44.8 Å². The summed E-state index contributed by atoms with van der Waals surface area (Å²) in [7, 11) is 0. The number of carboxylic acid groups (broad SMARTS) is 3. The Hall–Kier alpha value is -3.23. The molecule has 1 aliphatic heterocycles. The number of quaternary nitrogens is 2. The molecule has 1 saturated heterocycles. The highest BCUT2D eigenvalue weighted by atomic mass is 16.5. The second-order valence-corrected chi connectivity index (χ2v) is 8.03. The van der Waals surface area contributed by atoms with Crippen molar-refractivity contribution in [1.29, 1.82) is 0 Å². The molecule has 0 spiro atoms. The van der Waals surface area contributed by atoms with Crippen LogP contribution < -0.4 is 10.2 Å². The summed E-state index contributed by atoms with van der Waals surface area (Å²) in [4.78, 5) is 38.4. The molecule has 0 bridgehead atoms. The van der Waals surface area contributed by atoms with E-state index < -0.39 is 32.9 Å². The molecule has 1 aliphatic rings. The van der Waals surface area contributed by atoms with Crippen LogP contribution in [-0.4, -0.2) is 44.5 Å². The number of amides is 2. The topological polar surface area (TPSA) is 118 Å². The summed E-state index contributed by atoms with van der Waals surface area (Å²) < 4.78 is -2.40. The standard InChI is InChI=1S/C23H26N2O6/c1-2-23(20(26)27)14-9-15-24(21(28)29,16-18-10-5-3-6-11-18)25(23,22(30)31)17-19-12-7-4-8-13-19/h3-8,10-13H,2,9,14-17H2,1H3,(H-2,26,27,28,29,30,31). The van der Waals surface area contributed by atoms with Crippen LogP contribution in [0, 0.1) is 0 Å². The van der Waals surface area contributed by atoms with Gasteiger partial charge in [-0.25, -0.2) is 4.79 Å². The van der Waals surface area contributed by atoms with Crippen LogP contribution in [-0.2, 0) is 17.9 Å². The van der Waals surface area contributed by atoms with Gasteiger partial charge in [-0.05, 0) is 0 Å². The van der Waals surface area contributed by atoms with E-state index in [4.69, 9.17) is 0 Å². The van der Waals surface area contributed by atoms with Crippen LogP contribution in [0.25, 0.3) is 0 Å². The molecule has 31 heavy (non-hydrogen) atoms. The Kier molecular flexibility index (Phi) is 6.15. The van der Waals surface area contributed by atoms with E-state index in [1.165, 1.54) is 0 Å². The average Bonchev–Trinajstić information content (AvgIpc) is 2.75. The number of carbonyl (C=O) groups excluding carboxylic acids is 2. The van der Waals surface area contributed by atoms with Gasteiger partial charge in [0, 0.05) is 30.4 Å². The van der Waals surface area contributed by atoms with Crippen molar-refractivity contribution in [2.75, 3.05) is 6.54 Å². The molecule has 2 aromatic carbocycles. The zero-order valence-electron chi connectivity index (χ0n) is 17.4. The number of hydrogen-bond donors (Lipinski definition) is 1. The number of hydrogen-bond acceptors (Lipinski definition) is 5. The van der Waals surface area contributed by atoms with E-state index in [1.54, 1.807) is 67.6 Å². The third kappa shape index (κ3) is 3.37. The van der Waals surface area contributed by atoms with E-state index in [2.05, 4.69) is 0 Å². The van der Waals surface area contributed by atoms with E-state index in [1.807, 2.05) is 0 Å². The van der Waals surface area contributed by atoms with Gasteiger partial charge < -0.3 is 24.9 Å². The molecule has 2 amide bonds. The highest BCUT2D eigenvalue weighted by Gasteiger charge is 2.72. The van der Waals surface area contributed by atoms with Crippen LogP contribution >= 0.6 is 0 Å². The molecule has 2 aromatic rings. The zero-order valence-corrected chi connectivity index (χ0v) is 17.4. The lowest BCUT2D eigenvalue weighted by molar-refractivity contribution is -1.46. The van der Waals surface area contributed by atoms with Gasteiger partial charge in [0.05, 0.1) is 0 Å². The van der Waals surface area contributed by atoms with Crippen molar-refractivity contribution in [3.63, 3.8) is 0 Å². The number of carbonyl (C=O) groups is 3. The normalized spacial score (nSPS) is 28.0. The quantitative estimate of drug-likeness (QED) is 0.702. The molecule has 1 heterocycles. The highest BCUT2D eigenvalue weighted by molar-refractivity contribution is 5.79. The maximum atomic E-state index is 13.0. The smallest absolute Gasteiger partial charge is 0.371 e. The second kappa shape index (κ2) is 8.49. The molecule has 0 radical (unpaired) electrons. The van der Waals surface area contributed by atoms with Gasteiger partial charge in [-0.1, -0.05) is 72.2 Å². The third-order valence-corrected chi connectivity index (χ3v) is 6.65. The molecular formula is C23H26N2O6. The molecule has 3 atom stereocenters. The Morgan fingerprint density at radius 1 is 0.903 bits per heavy atom. The van der Waals surface area contributed by atoms with E-state index in [9.17, 15) is 29.7 Å². The lowest BCUT2D eigenvalue weighted by Crippen LogP contribution is -2.89. The SMILES string of the molecule is CCC1(C(=O)O)CCC[N+](Cc2ccccc2)(C(=O)[O-])[N+]1(Cc1ccccc1)C(=O)[O-]. The number of nitrogens with zero attached hydrogens (tertiary/aromatic N) is 2. The fourth-order valence-electron chi connectivity index (χ4n) is 5.12. The molecule has 8 heteroatoms. The number of rotatable bonds is 6. The second-order valence-electron chi connectivity index (χ2n) is 8.03. The average molecular weight is 426 g/mol. The minimum Gasteiger partial charge on any atom is -0.495 e. The Morgan fingerprint density at radius 3 is 1.84 bits per heavy atom. The van der Waals surface area contributed by atoms with Gasteiger partial charge in [-0.2, -0.15) is 0 Å². The first-order chi connectivity index (χ1) is 14.8. The fourth-order valence-corrected chi connectivity index (χ4v) is 5.12. The molecule has 0 saturated carbocycles. The largest absolute Gasteiger partial charge is 0.495 e. The van der Waals surface area contributed by atoms with Gasteiger partial charge in [0.1, 0.15) is 6.54 Å². The van der Waals surface area contributed by atoms with Crippen molar-refractivity contribution in [3.05, 3.63) is 71.8 Å². The van der Waals surface area contributed by atoms with Crippen LogP contribution in [0.5, 0.6) is 0 Å². The first kappa shape index (κ1) is 22.5. The maximum absolute atomic E-state index is 13.0. The summed E-state index contributed by atoms with van der Waals surface area (Å²) in [5.74, 6) is -1.35. The van der Waals surface area contributed by atoms with Gasteiger partial charge in [0.25, 0.3) is 0 Å². The predicted octanol–water partition coefficient (Wildman–Crippen LogP) is 1.65. The van der Waals surface area contributed by atoms with Crippen molar-refractivity contribution in [2.24, 2.45) is 0 Å². The third-order valence-electron chi connectivity index (χ3n) is 6.65. The lowest BCUT2D eigenvalue weighted by atomic mass is 9.83. The number of aliphatic carboxylic acids is 1. The van der Waals surface area contributed by atoms with Crippen LogP contribution in [0.3, 0.4) is 0 Å². The zero-order chi connectivity index (χ0) is 22.7. The summed E-state index contributed by atoms with van der Waals surface area (Å²) in [6.07, 6.45) is -3.22. The summed E-state index contributed by atoms with van der Waals surface area (Å²) in [5, 5.41) is 36.0. The molecule has 164 valence electrons. The summed E-state index contributed by atoms with van der Waals surface area (Å²) in [6.45, 7) is 0.892. The summed E-state index contributed by atoms with van der Waals surface area (Å²) >= 11 is 0. The molecule has 3 unspecified atom stereocenters. The Balaban J connectivity index is 2.36. The van der Waals surface area contributed by atoms with Gasteiger partial charge in [0.2, 0.25) is 5.54 Å². The predicted molar refractivity (Wildman–Crippen MR) is 106 cm³/mol. The number of carboxylic acids is 1. The molecule has 0 aliphatic carbocycles. The van der Waals surface area contributed by atoms with Crippen molar-refractivity contribution in [1.82, 2.24) is 0 Å². The van der Waals surface area contributed by atoms with Crippen molar-refractivity contribution in [3.8, 4) is 0 Å². The summed E-state index contributed by atoms with van der Waals surface area (Å²) in [5.41, 5.74) is -0.827. The minimum atomic E-state index is -1.90. The van der Waals surface area contributed by atoms with Gasteiger partial charge in [-0.15, -0.1) is 4.59 Å². The first-order valence-corrected chi connectivity index (χ1v) is 10.3. The Morgan fingerprint density at radius 2 is 1.42 bits per heavy atom. The summed E-state index contributed by atoms with van der Waals surface area (Å²) in [6, 6.07) is 17.1. The Bertz CT molecular complexity index is 967. The molecule has 3 rings (SSSR count). The molecule has 1 fully saturated rings. The molecule has 0 aromatic heterocycles.